The molecule has 0 unspecified atom stereocenters. The van der Waals surface area contributed by atoms with E-state index in [2.05, 4.69) is 0 Å². The van der Waals surface area contributed by atoms with Gasteiger partial charge in [-0.25, -0.2) is 0 Å². The summed E-state index contributed by atoms with van der Waals surface area (Å²) in [6, 6.07) is 0. The molecular formula is C10H16O5. The van der Waals surface area contributed by atoms with Gasteiger partial charge < -0.3 is 18.9 Å². The summed E-state index contributed by atoms with van der Waals surface area (Å²) in [6.45, 7) is 6.90. The Morgan fingerprint density at radius 3 is 2.47 bits per heavy atom. The Kier molecular flexibility index (Phi) is 2.48. The van der Waals surface area contributed by atoms with Gasteiger partial charge in [-0.15, -0.1) is 0 Å². The number of carbonyl (C=O) groups is 1. The SMILES string of the molecule is CC(=O)O[C@@H]1O[C@H](C)[C@H]2OC(C)(C)O[C@@H]12. The van der Waals surface area contributed by atoms with Gasteiger partial charge in [-0.1, -0.05) is 0 Å². The van der Waals surface area contributed by atoms with Crippen LogP contribution in [0.25, 0.3) is 0 Å². The number of hydrogen-bond donors (Lipinski definition) is 0. The minimum atomic E-state index is -0.649. The minimum Gasteiger partial charge on any atom is -0.433 e. The van der Waals surface area contributed by atoms with E-state index < -0.39 is 12.1 Å². The monoisotopic (exact) mass is 216 g/mol. The Morgan fingerprint density at radius 1 is 1.27 bits per heavy atom. The lowest BCUT2D eigenvalue weighted by Gasteiger charge is -2.22. The average Bonchev–Trinajstić information content (AvgIpc) is 2.49. The fourth-order valence-electron chi connectivity index (χ4n) is 2.02. The molecular weight excluding hydrogens is 200 g/mol. The van der Waals surface area contributed by atoms with Crippen LogP contribution in [0.15, 0.2) is 0 Å². The van der Waals surface area contributed by atoms with Gasteiger partial charge in [0, 0.05) is 6.92 Å². The van der Waals surface area contributed by atoms with E-state index in [1.54, 1.807) is 0 Å². The first-order chi connectivity index (χ1) is 6.89. The third-order valence-corrected chi connectivity index (χ3v) is 2.53. The first-order valence-corrected chi connectivity index (χ1v) is 5.07. The van der Waals surface area contributed by atoms with E-state index in [9.17, 15) is 4.79 Å². The number of carbonyl (C=O) groups excluding carboxylic acids is 1. The van der Waals surface area contributed by atoms with Gasteiger partial charge in [-0.05, 0) is 20.8 Å². The Morgan fingerprint density at radius 2 is 1.87 bits per heavy atom. The van der Waals surface area contributed by atoms with Crippen molar-refractivity contribution in [2.24, 2.45) is 0 Å². The third kappa shape index (κ3) is 2.00. The summed E-state index contributed by atoms with van der Waals surface area (Å²) in [4.78, 5) is 10.9. The molecule has 5 nitrogen and oxygen atoms in total. The minimum absolute atomic E-state index is 0.124. The summed E-state index contributed by atoms with van der Waals surface area (Å²) in [5, 5.41) is 0. The van der Waals surface area contributed by atoms with E-state index in [0.717, 1.165) is 0 Å². The fourth-order valence-corrected chi connectivity index (χ4v) is 2.02. The molecule has 15 heavy (non-hydrogen) atoms. The molecule has 0 aromatic rings. The zero-order valence-corrected chi connectivity index (χ0v) is 9.35. The molecule has 5 heteroatoms. The van der Waals surface area contributed by atoms with Gasteiger partial charge in [0.2, 0.25) is 6.29 Å². The van der Waals surface area contributed by atoms with E-state index >= 15 is 0 Å². The fraction of sp³-hybridized carbons (Fsp3) is 0.900. The van der Waals surface area contributed by atoms with Crippen LogP contribution >= 0.6 is 0 Å². The molecule has 0 radical (unpaired) electrons. The van der Waals surface area contributed by atoms with Gasteiger partial charge in [-0.2, -0.15) is 0 Å². The average molecular weight is 216 g/mol. The van der Waals surface area contributed by atoms with Crippen molar-refractivity contribution in [2.75, 3.05) is 0 Å². The quantitative estimate of drug-likeness (QED) is 0.607. The summed E-state index contributed by atoms with van der Waals surface area (Å²) in [5.74, 6) is -1.01. The van der Waals surface area contributed by atoms with E-state index in [1.165, 1.54) is 6.92 Å². The molecule has 86 valence electrons. The number of rotatable bonds is 1. The highest BCUT2D eigenvalue weighted by molar-refractivity contribution is 5.66. The summed E-state index contributed by atoms with van der Waals surface area (Å²) < 4.78 is 21.8. The molecule has 4 atom stereocenters. The molecule has 0 amide bonds. The van der Waals surface area contributed by atoms with E-state index in [1.807, 2.05) is 20.8 Å². The predicted octanol–water partition coefficient (Wildman–Crippen LogP) is 0.814. The van der Waals surface area contributed by atoms with E-state index in [-0.39, 0.29) is 24.3 Å². The topological polar surface area (TPSA) is 54.0 Å². The van der Waals surface area contributed by atoms with Crippen molar-refractivity contribution in [3.8, 4) is 0 Å². The first kappa shape index (κ1) is 10.9. The Bertz CT molecular complexity index is 275. The lowest BCUT2D eigenvalue weighted by Crippen LogP contribution is -2.32. The summed E-state index contributed by atoms with van der Waals surface area (Å²) in [6.07, 6.45) is -1.26. The highest BCUT2D eigenvalue weighted by Crippen LogP contribution is 2.38. The van der Waals surface area contributed by atoms with Gasteiger partial charge in [0.15, 0.2) is 11.9 Å². The van der Waals surface area contributed by atoms with Crippen molar-refractivity contribution in [1.29, 1.82) is 0 Å². The number of fused-ring (bicyclic) bond motifs is 1. The van der Waals surface area contributed by atoms with Crippen LogP contribution in [0.4, 0.5) is 0 Å². The molecule has 0 saturated carbocycles. The third-order valence-electron chi connectivity index (χ3n) is 2.53. The largest absolute Gasteiger partial charge is 0.433 e. The van der Waals surface area contributed by atoms with Crippen LogP contribution in [0.3, 0.4) is 0 Å². The van der Waals surface area contributed by atoms with Crippen molar-refractivity contribution in [1.82, 2.24) is 0 Å². The zero-order valence-electron chi connectivity index (χ0n) is 9.35. The molecule has 0 aliphatic carbocycles. The van der Waals surface area contributed by atoms with E-state index in [4.69, 9.17) is 18.9 Å². The van der Waals surface area contributed by atoms with Crippen molar-refractivity contribution in [3.05, 3.63) is 0 Å². The highest BCUT2D eigenvalue weighted by Gasteiger charge is 2.55. The second-order valence-electron chi connectivity index (χ2n) is 4.38. The molecule has 2 rings (SSSR count). The van der Waals surface area contributed by atoms with Gasteiger partial charge in [-0.3, -0.25) is 4.79 Å². The molecule has 0 bridgehead atoms. The smallest absolute Gasteiger partial charge is 0.305 e. The van der Waals surface area contributed by atoms with E-state index in [0.29, 0.717) is 0 Å². The summed E-state index contributed by atoms with van der Waals surface area (Å²) >= 11 is 0. The summed E-state index contributed by atoms with van der Waals surface area (Å²) in [7, 11) is 0. The molecule has 2 heterocycles. The molecule has 0 aromatic heterocycles. The maximum Gasteiger partial charge on any atom is 0.305 e. The second-order valence-corrected chi connectivity index (χ2v) is 4.38. The first-order valence-electron chi connectivity index (χ1n) is 5.07. The molecule has 0 aromatic carbocycles. The number of esters is 1. The standard InChI is InChI=1S/C10H16O5/c1-5-7-8(15-10(3,4)14-7)9(12-5)13-6(2)11/h5,7-9H,1-4H3/t5-,7-,8-,9+/m1/s1. The number of hydrogen-bond acceptors (Lipinski definition) is 5. The Labute approximate surface area is 88.6 Å². The van der Waals surface area contributed by atoms with Crippen LogP contribution in [0.2, 0.25) is 0 Å². The van der Waals surface area contributed by atoms with Crippen LogP contribution < -0.4 is 0 Å². The van der Waals surface area contributed by atoms with Crippen molar-refractivity contribution in [3.63, 3.8) is 0 Å². The maximum absolute atomic E-state index is 10.9. The van der Waals surface area contributed by atoms with Gasteiger partial charge in [0.05, 0.1) is 6.10 Å². The Hall–Kier alpha value is -0.650. The summed E-state index contributed by atoms with van der Waals surface area (Å²) in [5.41, 5.74) is 0. The normalized spacial score (nSPS) is 42.7. The Balaban J connectivity index is 2.09. The van der Waals surface area contributed by atoms with Crippen molar-refractivity contribution < 1.29 is 23.7 Å². The molecule has 2 fully saturated rings. The van der Waals surface area contributed by atoms with Gasteiger partial charge >= 0.3 is 5.97 Å². The highest BCUT2D eigenvalue weighted by atomic mass is 16.8. The number of ether oxygens (including phenoxy) is 4. The molecule has 2 aliphatic rings. The second kappa shape index (κ2) is 3.43. The molecule has 0 N–H and O–H groups in total. The van der Waals surface area contributed by atoms with Gasteiger partial charge in [0.1, 0.15) is 6.10 Å². The van der Waals surface area contributed by atoms with Crippen molar-refractivity contribution >= 4 is 5.97 Å². The predicted molar refractivity (Wildman–Crippen MR) is 49.9 cm³/mol. The van der Waals surface area contributed by atoms with Crippen molar-refractivity contribution in [2.45, 2.75) is 58.1 Å². The van der Waals surface area contributed by atoms with Crippen LogP contribution in [-0.4, -0.2) is 36.4 Å². The molecule has 2 aliphatic heterocycles. The van der Waals surface area contributed by atoms with Crippen LogP contribution in [0.1, 0.15) is 27.7 Å². The van der Waals surface area contributed by atoms with Gasteiger partial charge in [0.25, 0.3) is 0 Å². The van der Waals surface area contributed by atoms with Crippen LogP contribution in [-0.2, 0) is 23.7 Å². The lowest BCUT2D eigenvalue weighted by atomic mass is 10.2. The molecule has 2 saturated heterocycles. The van der Waals surface area contributed by atoms with Crippen LogP contribution in [0.5, 0.6) is 0 Å². The molecule has 0 spiro atoms. The lowest BCUT2D eigenvalue weighted by molar-refractivity contribution is -0.229. The zero-order chi connectivity index (χ0) is 11.2. The van der Waals surface area contributed by atoms with Crippen LogP contribution in [0, 0.1) is 0 Å². The maximum atomic E-state index is 10.9.